The van der Waals surface area contributed by atoms with Crippen LogP contribution in [-0.2, 0) is 9.59 Å². The van der Waals surface area contributed by atoms with Gasteiger partial charge in [0.2, 0.25) is 6.79 Å². The molecule has 0 atom stereocenters. The number of fused-ring (bicyclic) bond motifs is 1. The van der Waals surface area contributed by atoms with Gasteiger partial charge in [-0.3, -0.25) is 19.8 Å². The van der Waals surface area contributed by atoms with Crippen molar-refractivity contribution in [3.8, 4) is 11.5 Å². The van der Waals surface area contributed by atoms with E-state index in [0.29, 0.717) is 17.1 Å². The Labute approximate surface area is 125 Å². The van der Waals surface area contributed by atoms with Crippen LogP contribution in [0.2, 0.25) is 0 Å². The topological polar surface area (TPSA) is 84.9 Å². The Morgan fingerprint density at radius 1 is 1.23 bits per heavy atom. The Morgan fingerprint density at radius 3 is 2.77 bits per heavy atom. The molecule has 1 saturated heterocycles. The van der Waals surface area contributed by atoms with Crippen molar-refractivity contribution in [1.82, 2.24) is 10.2 Å². The van der Waals surface area contributed by atoms with Gasteiger partial charge >= 0.3 is 6.03 Å². The Bertz CT molecular complexity index is 723. The molecule has 0 bridgehead atoms. The average Bonchev–Trinajstić information content (AvgIpc) is 2.95. The third-order valence-corrected chi connectivity index (χ3v) is 3.21. The molecule has 3 rings (SSSR count). The van der Waals surface area contributed by atoms with Crippen LogP contribution in [0.3, 0.4) is 0 Å². The Kier molecular flexibility index (Phi) is 3.38. The van der Waals surface area contributed by atoms with Gasteiger partial charge in [0, 0.05) is 6.54 Å². The molecule has 112 valence electrons. The number of benzene rings is 1. The van der Waals surface area contributed by atoms with Crippen LogP contribution in [0.5, 0.6) is 11.5 Å². The summed E-state index contributed by atoms with van der Waals surface area (Å²) < 4.78 is 10.4. The molecule has 2 aliphatic heterocycles. The second kappa shape index (κ2) is 5.36. The number of rotatable bonds is 3. The lowest BCUT2D eigenvalue weighted by Gasteiger charge is -2.25. The van der Waals surface area contributed by atoms with Crippen molar-refractivity contribution < 1.29 is 23.9 Å². The SMILES string of the molecule is C=CCN1C(=O)NC(=O)/C(=C/c2ccc3c(c2)OCO3)C1=O. The predicted molar refractivity (Wildman–Crippen MR) is 76.0 cm³/mol. The summed E-state index contributed by atoms with van der Waals surface area (Å²) in [5.41, 5.74) is 0.468. The summed E-state index contributed by atoms with van der Waals surface area (Å²) in [6, 6.07) is 4.28. The first-order valence-electron chi connectivity index (χ1n) is 6.49. The van der Waals surface area contributed by atoms with Crippen LogP contribution < -0.4 is 14.8 Å². The van der Waals surface area contributed by atoms with E-state index < -0.39 is 17.8 Å². The molecule has 0 unspecified atom stereocenters. The number of hydrogen-bond donors (Lipinski definition) is 1. The predicted octanol–water partition coefficient (Wildman–Crippen LogP) is 1.06. The zero-order valence-corrected chi connectivity index (χ0v) is 11.5. The largest absolute Gasteiger partial charge is 0.454 e. The number of nitrogens with zero attached hydrogens (tertiary/aromatic N) is 1. The van der Waals surface area contributed by atoms with E-state index >= 15 is 0 Å². The second-order valence-corrected chi connectivity index (χ2v) is 4.63. The highest BCUT2D eigenvalue weighted by Gasteiger charge is 2.34. The van der Waals surface area contributed by atoms with Gasteiger partial charge in [-0.2, -0.15) is 0 Å². The molecule has 7 heteroatoms. The summed E-state index contributed by atoms with van der Waals surface area (Å²) in [5, 5.41) is 2.12. The molecule has 0 aromatic heterocycles. The van der Waals surface area contributed by atoms with Crippen LogP contribution in [0.4, 0.5) is 4.79 Å². The number of urea groups is 1. The summed E-state index contributed by atoms with van der Waals surface area (Å²) >= 11 is 0. The van der Waals surface area contributed by atoms with Gasteiger partial charge in [0.1, 0.15) is 5.57 Å². The van der Waals surface area contributed by atoms with Crippen molar-refractivity contribution in [2.45, 2.75) is 0 Å². The van der Waals surface area contributed by atoms with Gasteiger partial charge < -0.3 is 9.47 Å². The number of carbonyl (C=O) groups is 3. The molecule has 0 aliphatic carbocycles. The van der Waals surface area contributed by atoms with Crippen molar-refractivity contribution >= 4 is 23.9 Å². The summed E-state index contributed by atoms with van der Waals surface area (Å²) in [7, 11) is 0. The monoisotopic (exact) mass is 300 g/mol. The van der Waals surface area contributed by atoms with E-state index in [2.05, 4.69) is 11.9 Å². The first-order valence-corrected chi connectivity index (χ1v) is 6.49. The summed E-state index contributed by atoms with van der Waals surface area (Å²) in [6.07, 6.45) is 2.81. The molecule has 1 aromatic carbocycles. The maximum atomic E-state index is 12.2. The lowest BCUT2D eigenvalue weighted by molar-refractivity contribution is -0.129. The highest BCUT2D eigenvalue weighted by molar-refractivity contribution is 6.31. The zero-order chi connectivity index (χ0) is 15.7. The van der Waals surface area contributed by atoms with E-state index in [0.717, 1.165) is 4.90 Å². The molecule has 0 spiro atoms. The lowest BCUT2D eigenvalue weighted by Crippen LogP contribution is -2.54. The van der Waals surface area contributed by atoms with Gasteiger partial charge in [0.25, 0.3) is 11.8 Å². The summed E-state index contributed by atoms with van der Waals surface area (Å²) in [5.74, 6) is -0.249. The fraction of sp³-hybridized carbons (Fsp3) is 0.133. The highest BCUT2D eigenvalue weighted by Crippen LogP contribution is 2.33. The average molecular weight is 300 g/mol. The number of hydrogen-bond acceptors (Lipinski definition) is 5. The first kappa shape index (κ1) is 13.9. The van der Waals surface area contributed by atoms with Crippen molar-refractivity contribution in [2.24, 2.45) is 0 Å². The van der Waals surface area contributed by atoms with Crippen molar-refractivity contribution in [2.75, 3.05) is 13.3 Å². The van der Waals surface area contributed by atoms with Crippen molar-refractivity contribution in [1.29, 1.82) is 0 Å². The third-order valence-electron chi connectivity index (χ3n) is 3.21. The molecular weight excluding hydrogens is 288 g/mol. The molecule has 2 heterocycles. The number of ether oxygens (including phenoxy) is 2. The van der Waals surface area contributed by atoms with Crippen LogP contribution in [0.1, 0.15) is 5.56 Å². The van der Waals surface area contributed by atoms with Crippen molar-refractivity contribution in [3.05, 3.63) is 42.0 Å². The molecule has 0 radical (unpaired) electrons. The summed E-state index contributed by atoms with van der Waals surface area (Å²) in [6.45, 7) is 3.64. The normalized spacial score (nSPS) is 18.6. The van der Waals surface area contributed by atoms with E-state index in [9.17, 15) is 14.4 Å². The van der Waals surface area contributed by atoms with Crippen LogP contribution in [0.15, 0.2) is 36.4 Å². The Hall–Kier alpha value is -3.09. The lowest BCUT2D eigenvalue weighted by atomic mass is 10.1. The smallest absolute Gasteiger partial charge is 0.331 e. The van der Waals surface area contributed by atoms with Gasteiger partial charge in [0.15, 0.2) is 11.5 Å². The molecular formula is C15H12N2O5. The Morgan fingerprint density at radius 2 is 2.00 bits per heavy atom. The highest BCUT2D eigenvalue weighted by atomic mass is 16.7. The first-order chi connectivity index (χ1) is 10.6. The van der Waals surface area contributed by atoms with Gasteiger partial charge in [-0.15, -0.1) is 6.58 Å². The quantitative estimate of drug-likeness (QED) is 0.512. The number of barbiturate groups is 1. The number of nitrogens with one attached hydrogen (secondary N) is 1. The minimum atomic E-state index is -0.752. The molecule has 1 aromatic rings. The van der Waals surface area contributed by atoms with Crippen LogP contribution in [0, 0.1) is 0 Å². The van der Waals surface area contributed by atoms with Gasteiger partial charge in [-0.1, -0.05) is 12.1 Å². The van der Waals surface area contributed by atoms with E-state index in [1.807, 2.05) is 0 Å². The number of amides is 4. The molecule has 22 heavy (non-hydrogen) atoms. The van der Waals surface area contributed by atoms with Crippen LogP contribution in [-0.4, -0.2) is 36.1 Å². The fourth-order valence-corrected chi connectivity index (χ4v) is 2.16. The molecule has 7 nitrogen and oxygen atoms in total. The Balaban J connectivity index is 1.94. The van der Waals surface area contributed by atoms with Gasteiger partial charge in [-0.05, 0) is 23.8 Å². The zero-order valence-electron chi connectivity index (χ0n) is 11.5. The minimum absolute atomic E-state index is 0.0242. The van der Waals surface area contributed by atoms with Crippen LogP contribution >= 0.6 is 0 Å². The molecule has 1 N–H and O–H groups in total. The minimum Gasteiger partial charge on any atom is -0.454 e. The van der Waals surface area contributed by atoms with Crippen molar-refractivity contribution in [3.63, 3.8) is 0 Å². The second-order valence-electron chi connectivity index (χ2n) is 4.63. The number of carbonyl (C=O) groups excluding carboxylic acids is 3. The maximum Gasteiger partial charge on any atom is 0.331 e. The number of imide groups is 2. The molecule has 0 saturated carbocycles. The van der Waals surface area contributed by atoms with Gasteiger partial charge in [-0.25, -0.2) is 4.79 Å². The van der Waals surface area contributed by atoms with Gasteiger partial charge in [0.05, 0.1) is 0 Å². The summed E-state index contributed by atoms with van der Waals surface area (Å²) in [4.78, 5) is 36.6. The standard InChI is InChI=1S/C15H12N2O5/c1-2-5-17-14(19)10(13(18)16-15(17)20)6-9-3-4-11-12(7-9)22-8-21-11/h2-4,6-7H,1,5,8H2,(H,16,18,20)/b10-6-. The maximum absolute atomic E-state index is 12.2. The fourth-order valence-electron chi connectivity index (χ4n) is 2.16. The van der Waals surface area contributed by atoms with E-state index in [4.69, 9.17) is 9.47 Å². The molecule has 1 fully saturated rings. The molecule has 4 amide bonds. The van der Waals surface area contributed by atoms with Crippen LogP contribution in [0.25, 0.3) is 6.08 Å². The molecule has 2 aliphatic rings. The van der Waals surface area contributed by atoms with E-state index in [1.165, 1.54) is 12.2 Å². The van der Waals surface area contributed by atoms with E-state index in [-0.39, 0.29) is 18.9 Å². The third kappa shape index (κ3) is 2.32. The van der Waals surface area contributed by atoms with E-state index in [1.54, 1.807) is 18.2 Å².